The first kappa shape index (κ1) is 15.3. The minimum atomic E-state index is -0.412. The van der Waals surface area contributed by atoms with Gasteiger partial charge in [-0.25, -0.2) is 9.78 Å². The fourth-order valence-electron chi connectivity index (χ4n) is 2.13. The number of nitriles is 1. The van der Waals surface area contributed by atoms with Crippen LogP contribution in [-0.4, -0.2) is 11.0 Å². The molecule has 0 saturated heterocycles. The number of anilines is 2. The molecule has 114 valence electrons. The standard InChI is InChI=1S/C16H11ClN4OS/c1-9-4-10(8-18)6-12(5-9)19-15(22)21-16-20-13-3-2-11(17)7-14(13)23-16/h2-7H,1H3,(H2,19,20,21,22). The molecule has 0 aliphatic heterocycles. The maximum atomic E-state index is 12.1. The SMILES string of the molecule is Cc1cc(C#N)cc(NC(=O)Nc2nc3ccc(Cl)cc3s2)c1. The van der Waals surface area contributed by atoms with Crippen molar-refractivity contribution in [2.45, 2.75) is 6.92 Å². The molecular formula is C16H11ClN4OS. The van der Waals surface area contributed by atoms with Gasteiger partial charge in [-0.2, -0.15) is 5.26 Å². The largest absolute Gasteiger partial charge is 0.325 e. The van der Waals surface area contributed by atoms with Crippen LogP contribution in [-0.2, 0) is 0 Å². The lowest BCUT2D eigenvalue weighted by Gasteiger charge is -2.06. The Morgan fingerprint density at radius 1 is 1.26 bits per heavy atom. The van der Waals surface area contributed by atoms with Gasteiger partial charge in [-0.15, -0.1) is 0 Å². The van der Waals surface area contributed by atoms with Crippen molar-refractivity contribution in [1.29, 1.82) is 5.26 Å². The van der Waals surface area contributed by atoms with Gasteiger partial charge < -0.3 is 5.32 Å². The molecule has 0 aliphatic carbocycles. The highest BCUT2D eigenvalue weighted by Crippen LogP contribution is 2.28. The molecular weight excluding hydrogens is 332 g/mol. The Labute approximate surface area is 141 Å². The smallest absolute Gasteiger partial charge is 0.308 e. The lowest BCUT2D eigenvalue weighted by atomic mass is 10.1. The number of halogens is 1. The highest BCUT2D eigenvalue weighted by Gasteiger charge is 2.09. The number of fused-ring (bicyclic) bond motifs is 1. The van der Waals surface area contributed by atoms with Crippen LogP contribution >= 0.6 is 22.9 Å². The molecule has 2 N–H and O–H groups in total. The van der Waals surface area contributed by atoms with Gasteiger partial charge in [0.05, 0.1) is 21.8 Å². The van der Waals surface area contributed by atoms with E-state index in [0.29, 0.717) is 21.4 Å². The van der Waals surface area contributed by atoms with Gasteiger partial charge in [0.25, 0.3) is 0 Å². The Morgan fingerprint density at radius 2 is 2.09 bits per heavy atom. The van der Waals surface area contributed by atoms with Crippen molar-refractivity contribution in [3.63, 3.8) is 0 Å². The maximum Gasteiger partial charge on any atom is 0.325 e. The van der Waals surface area contributed by atoms with E-state index in [-0.39, 0.29) is 0 Å². The van der Waals surface area contributed by atoms with Crippen LogP contribution in [0.15, 0.2) is 36.4 Å². The monoisotopic (exact) mass is 342 g/mol. The van der Waals surface area contributed by atoms with Gasteiger partial charge in [-0.3, -0.25) is 5.32 Å². The number of carbonyl (C=O) groups excluding carboxylic acids is 1. The third kappa shape index (κ3) is 3.59. The number of carbonyl (C=O) groups is 1. The van der Waals surface area contributed by atoms with Crippen LogP contribution in [0.3, 0.4) is 0 Å². The summed E-state index contributed by atoms with van der Waals surface area (Å²) >= 11 is 7.28. The number of thiazole rings is 1. The average molecular weight is 343 g/mol. The van der Waals surface area contributed by atoms with Crippen LogP contribution in [0.4, 0.5) is 15.6 Å². The molecule has 0 aliphatic rings. The first-order valence-electron chi connectivity index (χ1n) is 6.69. The Kier molecular flexibility index (Phi) is 4.15. The molecule has 5 nitrogen and oxygen atoms in total. The van der Waals surface area contributed by atoms with Crippen molar-refractivity contribution in [3.05, 3.63) is 52.5 Å². The summed E-state index contributed by atoms with van der Waals surface area (Å²) in [6.45, 7) is 1.86. The first-order valence-corrected chi connectivity index (χ1v) is 7.89. The Balaban J connectivity index is 1.76. The third-order valence-electron chi connectivity index (χ3n) is 3.04. The normalized spacial score (nSPS) is 10.3. The van der Waals surface area contributed by atoms with Crippen LogP contribution < -0.4 is 10.6 Å². The van der Waals surface area contributed by atoms with Crippen molar-refractivity contribution >= 4 is 50.0 Å². The number of aromatic nitrogens is 1. The molecule has 2 aromatic carbocycles. The second-order valence-electron chi connectivity index (χ2n) is 4.91. The van der Waals surface area contributed by atoms with Gasteiger partial charge in [0, 0.05) is 10.7 Å². The van der Waals surface area contributed by atoms with E-state index in [4.69, 9.17) is 16.9 Å². The number of benzene rings is 2. The van der Waals surface area contributed by atoms with E-state index in [9.17, 15) is 4.79 Å². The van der Waals surface area contributed by atoms with E-state index < -0.39 is 6.03 Å². The predicted octanol–water partition coefficient (Wildman–Crippen LogP) is 4.77. The second kappa shape index (κ2) is 6.24. The van der Waals surface area contributed by atoms with Crippen LogP contribution in [0, 0.1) is 18.3 Å². The molecule has 1 aromatic heterocycles. The zero-order chi connectivity index (χ0) is 16.4. The predicted molar refractivity (Wildman–Crippen MR) is 93.2 cm³/mol. The number of nitrogens with zero attached hydrogens (tertiary/aromatic N) is 2. The highest BCUT2D eigenvalue weighted by molar-refractivity contribution is 7.22. The second-order valence-corrected chi connectivity index (χ2v) is 6.38. The molecule has 2 amide bonds. The van der Waals surface area contributed by atoms with Crippen molar-refractivity contribution < 1.29 is 4.79 Å². The van der Waals surface area contributed by atoms with Crippen LogP contribution in [0.1, 0.15) is 11.1 Å². The van der Waals surface area contributed by atoms with Crippen LogP contribution in [0.2, 0.25) is 5.02 Å². The summed E-state index contributed by atoms with van der Waals surface area (Å²) in [6.07, 6.45) is 0. The molecule has 0 radical (unpaired) electrons. The molecule has 0 fully saturated rings. The van der Waals surface area contributed by atoms with Gasteiger partial charge in [0.2, 0.25) is 0 Å². The Morgan fingerprint density at radius 3 is 2.87 bits per heavy atom. The van der Waals surface area contributed by atoms with E-state index in [2.05, 4.69) is 21.7 Å². The number of amides is 2. The summed E-state index contributed by atoms with van der Waals surface area (Å²) in [4.78, 5) is 16.4. The molecule has 23 heavy (non-hydrogen) atoms. The topological polar surface area (TPSA) is 77.8 Å². The molecule has 0 spiro atoms. The zero-order valence-electron chi connectivity index (χ0n) is 12.1. The average Bonchev–Trinajstić information content (AvgIpc) is 2.87. The Hall–Kier alpha value is -2.62. The number of hydrogen-bond donors (Lipinski definition) is 2. The number of nitrogens with one attached hydrogen (secondary N) is 2. The van der Waals surface area contributed by atoms with Crippen LogP contribution in [0.5, 0.6) is 0 Å². The van der Waals surface area contributed by atoms with Gasteiger partial charge in [-0.1, -0.05) is 22.9 Å². The highest BCUT2D eigenvalue weighted by atomic mass is 35.5. The molecule has 0 saturated carbocycles. The van der Waals surface area contributed by atoms with Gasteiger partial charge >= 0.3 is 6.03 Å². The molecule has 7 heteroatoms. The van der Waals surface area contributed by atoms with Gasteiger partial charge in [0.1, 0.15) is 0 Å². The zero-order valence-corrected chi connectivity index (χ0v) is 13.6. The lowest BCUT2D eigenvalue weighted by molar-refractivity contribution is 0.262. The van der Waals surface area contributed by atoms with Crippen LogP contribution in [0.25, 0.3) is 10.2 Å². The van der Waals surface area contributed by atoms with Gasteiger partial charge in [-0.05, 0) is 48.9 Å². The number of urea groups is 1. The van der Waals surface area contributed by atoms with Gasteiger partial charge in [0.15, 0.2) is 5.13 Å². The summed E-state index contributed by atoms with van der Waals surface area (Å²) in [5.41, 5.74) is 2.73. The summed E-state index contributed by atoms with van der Waals surface area (Å²) in [5, 5.41) is 15.5. The molecule has 0 atom stereocenters. The van der Waals surface area contributed by atoms with E-state index in [1.54, 1.807) is 36.4 Å². The summed E-state index contributed by atoms with van der Waals surface area (Å²) in [6, 6.07) is 12.2. The summed E-state index contributed by atoms with van der Waals surface area (Å²) < 4.78 is 0.898. The van der Waals surface area contributed by atoms with Crippen molar-refractivity contribution in [2.24, 2.45) is 0 Å². The number of rotatable bonds is 2. The van der Waals surface area contributed by atoms with E-state index in [0.717, 1.165) is 15.8 Å². The third-order valence-corrected chi connectivity index (χ3v) is 4.20. The molecule has 0 unspecified atom stereocenters. The summed E-state index contributed by atoms with van der Waals surface area (Å²) in [5.74, 6) is 0. The van der Waals surface area contributed by atoms with Crippen molar-refractivity contribution in [1.82, 2.24) is 4.98 Å². The fraction of sp³-hybridized carbons (Fsp3) is 0.0625. The number of hydrogen-bond acceptors (Lipinski definition) is 4. The van der Waals surface area contributed by atoms with Crippen molar-refractivity contribution in [3.8, 4) is 6.07 Å². The molecule has 1 heterocycles. The molecule has 3 rings (SSSR count). The van der Waals surface area contributed by atoms with E-state index in [1.165, 1.54) is 11.3 Å². The molecule has 0 bridgehead atoms. The lowest BCUT2D eigenvalue weighted by Crippen LogP contribution is -2.19. The number of aryl methyl sites for hydroxylation is 1. The van der Waals surface area contributed by atoms with Crippen molar-refractivity contribution in [2.75, 3.05) is 10.6 Å². The van der Waals surface area contributed by atoms with E-state index >= 15 is 0 Å². The first-order chi connectivity index (χ1) is 11.0. The minimum Gasteiger partial charge on any atom is -0.308 e. The Bertz CT molecular complexity index is 945. The fourth-order valence-corrected chi connectivity index (χ4v) is 3.27. The summed E-state index contributed by atoms with van der Waals surface area (Å²) in [7, 11) is 0. The minimum absolute atomic E-state index is 0.412. The molecule has 3 aromatic rings. The van der Waals surface area contributed by atoms with E-state index in [1.807, 2.05) is 6.92 Å². The maximum absolute atomic E-state index is 12.1. The quantitative estimate of drug-likeness (QED) is 0.703.